The summed E-state index contributed by atoms with van der Waals surface area (Å²) in [6.07, 6.45) is 2.32. The van der Waals surface area contributed by atoms with E-state index in [-0.39, 0.29) is 17.5 Å². The number of aromatic amines is 1. The lowest BCUT2D eigenvalue weighted by atomic mass is 10.2. The molecule has 136 valence electrons. The summed E-state index contributed by atoms with van der Waals surface area (Å²) in [5.74, 6) is 0.537. The zero-order valence-corrected chi connectivity index (χ0v) is 15.7. The van der Waals surface area contributed by atoms with Gasteiger partial charge in [0.15, 0.2) is 4.34 Å². The number of hydrogen-bond acceptors (Lipinski definition) is 9. The molecule has 0 aliphatic heterocycles. The van der Waals surface area contributed by atoms with Crippen LogP contribution in [0.3, 0.4) is 0 Å². The van der Waals surface area contributed by atoms with Gasteiger partial charge in [-0.2, -0.15) is 5.10 Å². The third-order valence-corrected chi connectivity index (χ3v) is 5.88. The van der Waals surface area contributed by atoms with E-state index in [0.717, 1.165) is 18.0 Å². The molecule has 3 N–H and O–H groups in total. The first kappa shape index (κ1) is 17.0. The van der Waals surface area contributed by atoms with E-state index in [1.165, 1.54) is 23.1 Å². The Morgan fingerprint density at radius 1 is 1.35 bits per heavy atom. The minimum absolute atomic E-state index is 0.140. The second-order valence-electron chi connectivity index (χ2n) is 6.00. The van der Waals surface area contributed by atoms with Gasteiger partial charge in [0, 0.05) is 6.04 Å². The molecule has 1 saturated carbocycles. The second kappa shape index (κ2) is 6.72. The Bertz CT molecular complexity index is 1040. The maximum Gasteiger partial charge on any atom is 0.277 e. The predicted molar refractivity (Wildman–Crippen MR) is 100 cm³/mol. The van der Waals surface area contributed by atoms with Crippen LogP contribution >= 0.6 is 23.1 Å². The van der Waals surface area contributed by atoms with Gasteiger partial charge in [0.05, 0.1) is 16.8 Å². The van der Waals surface area contributed by atoms with E-state index < -0.39 is 5.56 Å². The molecular formula is C15H16N6O3S2. The van der Waals surface area contributed by atoms with Crippen LogP contribution < -0.4 is 16.2 Å². The molecule has 0 spiro atoms. The van der Waals surface area contributed by atoms with Crippen molar-refractivity contribution < 1.29 is 9.21 Å². The number of amides is 1. The fourth-order valence-corrected chi connectivity index (χ4v) is 4.18. The number of H-pyrrole nitrogens is 1. The summed E-state index contributed by atoms with van der Waals surface area (Å²) >= 11 is 2.71. The molecule has 0 atom stereocenters. The molecular weight excluding hydrogens is 376 g/mol. The molecule has 26 heavy (non-hydrogen) atoms. The number of nitrogens with one attached hydrogen (secondary N) is 3. The molecule has 0 saturated heterocycles. The first-order chi connectivity index (χ1) is 12.5. The Morgan fingerprint density at radius 3 is 2.92 bits per heavy atom. The van der Waals surface area contributed by atoms with Crippen LogP contribution in [0, 0.1) is 13.8 Å². The standard InChI is InChI=1S/C15H16N6O3S2/c1-6-10-7(2)24-13(11(10)12(23)19-18-6)17-9(22)5-25-15-21-20-14(26-15)16-8-3-4-8/h8H,3-5H2,1-2H3,(H,16,20)(H,17,22)(H,19,23). The second-order valence-corrected chi connectivity index (χ2v) is 8.20. The number of hydrogen-bond donors (Lipinski definition) is 3. The lowest BCUT2D eigenvalue weighted by Crippen LogP contribution is -2.16. The molecule has 3 heterocycles. The van der Waals surface area contributed by atoms with Crippen LogP contribution in [0.4, 0.5) is 11.0 Å². The van der Waals surface area contributed by atoms with Crippen molar-refractivity contribution >= 4 is 50.8 Å². The number of furan rings is 1. The van der Waals surface area contributed by atoms with Crippen molar-refractivity contribution in [2.24, 2.45) is 0 Å². The summed E-state index contributed by atoms with van der Waals surface area (Å²) in [5, 5.41) is 22.1. The molecule has 0 unspecified atom stereocenters. The van der Waals surface area contributed by atoms with Crippen molar-refractivity contribution in [2.75, 3.05) is 16.4 Å². The highest BCUT2D eigenvalue weighted by molar-refractivity contribution is 8.01. The lowest BCUT2D eigenvalue weighted by molar-refractivity contribution is -0.113. The fraction of sp³-hybridized carbons (Fsp3) is 0.400. The van der Waals surface area contributed by atoms with E-state index in [1.807, 2.05) is 0 Å². The van der Waals surface area contributed by atoms with E-state index in [1.54, 1.807) is 13.8 Å². The molecule has 3 aromatic rings. The summed E-state index contributed by atoms with van der Waals surface area (Å²) in [5.41, 5.74) is 0.241. The van der Waals surface area contributed by atoms with Gasteiger partial charge in [-0.15, -0.1) is 10.2 Å². The van der Waals surface area contributed by atoms with Gasteiger partial charge in [-0.1, -0.05) is 23.1 Å². The quantitative estimate of drug-likeness (QED) is 0.546. The number of carbonyl (C=O) groups is 1. The molecule has 1 aliphatic rings. The highest BCUT2D eigenvalue weighted by atomic mass is 32.2. The number of rotatable bonds is 6. The average Bonchev–Trinajstić information content (AvgIpc) is 3.19. The summed E-state index contributed by atoms with van der Waals surface area (Å²) < 4.78 is 6.28. The largest absolute Gasteiger partial charge is 0.444 e. The van der Waals surface area contributed by atoms with Gasteiger partial charge < -0.3 is 9.73 Å². The number of nitrogens with zero attached hydrogens (tertiary/aromatic N) is 3. The SMILES string of the molecule is Cc1n[nH]c(=O)c2c(NC(=O)CSc3nnc(NC4CC4)s3)oc(C)c12. The molecule has 0 radical (unpaired) electrons. The predicted octanol–water partition coefficient (Wildman–Crippen LogP) is 2.29. The number of aromatic nitrogens is 4. The Balaban J connectivity index is 1.43. The third-order valence-electron chi connectivity index (χ3n) is 3.89. The average molecular weight is 392 g/mol. The van der Waals surface area contributed by atoms with Crippen molar-refractivity contribution in [3.8, 4) is 0 Å². The molecule has 3 aromatic heterocycles. The summed E-state index contributed by atoms with van der Waals surface area (Å²) in [4.78, 5) is 24.3. The molecule has 1 amide bonds. The van der Waals surface area contributed by atoms with Gasteiger partial charge >= 0.3 is 0 Å². The Labute approximate surface area is 156 Å². The van der Waals surface area contributed by atoms with E-state index in [4.69, 9.17) is 4.42 Å². The topological polar surface area (TPSA) is 126 Å². The maximum atomic E-state index is 12.3. The van der Waals surface area contributed by atoms with E-state index >= 15 is 0 Å². The molecule has 0 bridgehead atoms. The van der Waals surface area contributed by atoms with Gasteiger partial charge in [-0.05, 0) is 26.7 Å². The molecule has 0 aromatic carbocycles. The zero-order valence-electron chi connectivity index (χ0n) is 14.1. The monoisotopic (exact) mass is 392 g/mol. The van der Waals surface area contributed by atoms with E-state index in [2.05, 4.69) is 31.0 Å². The van der Waals surface area contributed by atoms with Crippen molar-refractivity contribution in [1.82, 2.24) is 20.4 Å². The summed E-state index contributed by atoms with van der Waals surface area (Å²) in [7, 11) is 0. The number of aryl methyl sites for hydroxylation is 2. The summed E-state index contributed by atoms with van der Waals surface area (Å²) in [6, 6.07) is 0.510. The van der Waals surface area contributed by atoms with Crippen LogP contribution in [0.25, 0.3) is 10.8 Å². The number of carbonyl (C=O) groups excluding carboxylic acids is 1. The van der Waals surface area contributed by atoms with Crippen molar-refractivity contribution in [1.29, 1.82) is 0 Å². The first-order valence-electron chi connectivity index (χ1n) is 8.02. The maximum absolute atomic E-state index is 12.3. The molecule has 1 fully saturated rings. The summed E-state index contributed by atoms with van der Waals surface area (Å²) in [6.45, 7) is 3.50. The lowest BCUT2D eigenvalue weighted by Gasteiger charge is -2.01. The highest BCUT2D eigenvalue weighted by Crippen LogP contribution is 2.31. The highest BCUT2D eigenvalue weighted by Gasteiger charge is 2.23. The van der Waals surface area contributed by atoms with Gasteiger partial charge in [0.25, 0.3) is 5.56 Å². The van der Waals surface area contributed by atoms with Crippen molar-refractivity contribution in [3.05, 3.63) is 21.8 Å². The Morgan fingerprint density at radius 2 is 2.15 bits per heavy atom. The van der Waals surface area contributed by atoms with E-state index in [9.17, 15) is 9.59 Å². The van der Waals surface area contributed by atoms with Crippen molar-refractivity contribution in [3.63, 3.8) is 0 Å². The van der Waals surface area contributed by atoms with Crippen molar-refractivity contribution in [2.45, 2.75) is 37.1 Å². The molecule has 1 aliphatic carbocycles. The molecule has 11 heteroatoms. The van der Waals surface area contributed by atoms with Crippen LogP contribution in [0.1, 0.15) is 24.3 Å². The zero-order chi connectivity index (χ0) is 18.3. The van der Waals surface area contributed by atoms with Crippen LogP contribution in [0.15, 0.2) is 13.6 Å². The fourth-order valence-electron chi connectivity index (χ4n) is 2.55. The van der Waals surface area contributed by atoms with Crippen LogP contribution in [-0.4, -0.2) is 38.1 Å². The van der Waals surface area contributed by atoms with Gasteiger partial charge in [0.1, 0.15) is 11.1 Å². The minimum Gasteiger partial charge on any atom is -0.444 e. The molecule has 4 rings (SSSR count). The minimum atomic E-state index is -0.398. The van der Waals surface area contributed by atoms with Crippen LogP contribution in [0.2, 0.25) is 0 Å². The normalized spacial score (nSPS) is 13.9. The van der Waals surface area contributed by atoms with Crippen LogP contribution in [0.5, 0.6) is 0 Å². The first-order valence-corrected chi connectivity index (χ1v) is 9.82. The van der Waals surface area contributed by atoms with Gasteiger partial charge in [-0.3, -0.25) is 14.9 Å². The Kier molecular flexibility index (Phi) is 4.41. The number of thioether (sulfide) groups is 1. The van der Waals surface area contributed by atoms with E-state index in [0.29, 0.717) is 32.6 Å². The smallest absolute Gasteiger partial charge is 0.277 e. The molecule has 9 nitrogen and oxygen atoms in total. The Hall–Kier alpha value is -2.40. The van der Waals surface area contributed by atoms with Crippen LogP contribution in [-0.2, 0) is 4.79 Å². The number of fused-ring (bicyclic) bond motifs is 1. The number of anilines is 2. The third kappa shape index (κ3) is 3.44. The van der Waals surface area contributed by atoms with Gasteiger partial charge in [0.2, 0.25) is 16.9 Å². The van der Waals surface area contributed by atoms with Gasteiger partial charge in [-0.25, -0.2) is 5.10 Å².